The van der Waals surface area contributed by atoms with Gasteiger partial charge in [0.05, 0.1) is 17.0 Å². The van der Waals surface area contributed by atoms with Gasteiger partial charge in [-0.3, -0.25) is 24.7 Å². The molecule has 28 heavy (non-hydrogen) atoms. The molecule has 1 aliphatic heterocycles. The summed E-state index contributed by atoms with van der Waals surface area (Å²) in [4.78, 5) is 54.9. The molecule has 0 aromatic carbocycles. The van der Waals surface area contributed by atoms with Crippen molar-refractivity contribution in [3.8, 4) is 0 Å². The molecule has 2 heterocycles. The smallest absolute Gasteiger partial charge is 0.307 e. The number of nitrogens with zero attached hydrogens (tertiary/aromatic N) is 3. The Morgan fingerprint density at radius 3 is 2.82 bits per heavy atom. The second-order valence-corrected chi connectivity index (χ2v) is 6.11. The molecule has 0 spiro atoms. The normalized spacial score (nSPS) is 23.5. The summed E-state index contributed by atoms with van der Waals surface area (Å²) in [7, 11) is 0. The molecule has 2 atom stereocenters. The van der Waals surface area contributed by atoms with E-state index in [4.69, 9.17) is 4.74 Å². The lowest BCUT2D eigenvalue weighted by Gasteiger charge is -2.29. The average molecular weight is 385 g/mol. The average Bonchev–Trinajstić information content (AvgIpc) is 2.91. The molecule has 11 nitrogen and oxygen atoms in total. The fourth-order valence-electron chi connectivity index (χ4n) is 3.26. The van der Waals surface area contributed by atoms with Crippen molar-refractivity contribution in [1.82, 2.24) is 20.6 Å². The van der Waals surface area contributed by atoms with Gasteiger partial charge >= 0.3 is 5.70 Å². The Labute approximate surface area is 158 Å². The number of hydrogen-bond acceptors (Lipinski definition) is 8. The van der Waals surface area contributed by atoms with Gasteiger partial charge in [0.25, 0.3) is 11.8 Å². The first-order valence-corrected chi connectivity index (χ1v) is 8.21. The van der Waals surface area contributed by atoms with Crippen LogP contribution in [0.25, 0.3) is 0 Å². The van der Waals surface area contributed by atoms with Gasteiger partial charge in [-0.05, 0) is 19.9 Å². The van der Waals surface area contributed by atoms with Crippen molar-refractivity contribution >= 4 is 17.8 Å². The Morgan fingerprint density at radius 2 is 2.25 bits per heavy atom. The zero-order valence-electron chi connectivity index (χ0n) is 14.9. The third kappa shape index (κ3) is 2.98. The van der Waals surface area contributed by atoms with Gasteiger partial charge in [-0.2, -0.15) is 0 Å². The zero-order chi connectivity index (χ0) is 20.5. The highest BCUT2D eigenvalue weighted by Crippen LogP contribution is 2.44. The van der Waals surface area contributed by atoms with E-state index in [1.807, 2.05) is 0 Å². The summed E-state index contributed by atoms with van der Waals surface area (Å²) in [6.07, 6.45) is 5.07. The van der Waals surface area contributed by atoms with Crippen molar-refractivity contribution < 1.29 is 24.0 Å². The van der Waals surface area contributed by atoms with E-state index >= 15 is 0 Å². The molecule has 2 unspecified atom stereocenters. The molecule has 0 bridgehead atoms. The Morgan fingerprint density at radius 1 is 1.50 bits per heavy atom. The van der Waals surface area contributed by atoms with Gasteiger partial charge in [-0.25, -0.2) is 9.78 Å². The number of nitro groups is 1. The summed E-state index contributed by atoms with van der Waals surface area (Å²) in [6.45, 7) is 3.24. The molecule has 11 heteroatoms. The quantitative estimate of drug-likeness (QED) is 0.404. The van der Waals surface area contributed by atoms with Crippen LogP contribution in [-0.2, 0) is 14.3 Å². The minimum Gasteiger partial charge on any atom is -0.365 e. The van der Waals surface area contributed by atoms with E-state index < -0.39 is 39.5 Å². The van der Waals surface area contributed by atoms with Crippen LogP contribution in [0.15, 0.2) is 47.3 Å². The highest BCUT2D eigenvalue weighted by molar-refractivity contribution is 5.95. The van der Waals surface area contributed by atoms with E-state index in [0.717, 1.165) is 0 Å². The van der Waals surface area contributed by atoms with Crippen LogP contribution in [0, 0.1) is 16.0 Å². The Bertz CT molecular complexity index is 979. The van der Waals surface area contributed by atoms with Crippen LogP contribution < -0.4 is 10.6 Å². The van der Waals surface area contributed by atoms with Crippen LogP contribution in [0.1, 0.15) is 24.3 Å². The van der Waals surface area contributed by atoms with Crippen LogP contribution in [-0.4, -0.2) is 44.9 Å². The number of rotatable bonds is 5. The fourth-order valence-corrected chi connectivity index (χ4v) is 3.26. The maximum Gasteiger partial charge on any atom is 0.307 e. The number of nitrogens with one attached hydrogen (secondary N) is 2. The van der Waals surface area contributed by atoms with Crippen molar-refractivity contribution in [1.29, 1.82) is 0 Å². The van der Waals surface area contributed by atoms with Gasteiger partial charge in [0.15, 0.2) is 5.60 Å². The molecular formula is C17H15N5O6. The van der Waals surface area contributed by atoms with Crippen LogP contribution in [0.4, 0.5) is 0 Å². The third-order valence-electron chi connectivity index (χ3n) is 4.45. The Kier molecular flexibility index (Phi) is 4.87. The van der Waals surface area contributed by atoms with Crippen molar-refractivity contribution in [2.75, 3.05) is 6.61 Å². The maximum absolute atomic E-state index is 12.4. The standard InChI is InChI=1S/C17H15N5O6/c1-3-28-17(2)13-9(8-23)14(22(26)27)11(6-10(13)21-16(17)25)20-15(24)12-7-18-4-5-19-12/h4-7,13H,3H2,1-2H3,(H,20,24)(H,21,25). The number of fused-ring (bicyclic) bond motifs is 1. The molecule has 3 rings (SSSR count). The predicted octanol–water partition coefficient (Wildman–Crippen LogP) is -0.109. The number of amides is 2. The lowest BCUT2D eigenvalue weighted by molar-refractivity contribution is -0.422. The zero-order valence-corrected chi connectivity index (χ0v) is 14.9. The second kappa shape index (κ2) is 7.14. The van der Waals surface area contributed by atoms with Crippen LogP contribution in [0.5, 0.6) is 0 Å². The summed E-state index contributed by atoms with van der Waals surface area (Å²) < 4.78 is 5.51. The van der Waals surface area contributed by atoms with Gasteiger partial charge in [0.2, 0.25) is 0 Å². The first-order chi connectivity index (χ1) is 13.3. The fraction of sp³-hybridized carbons (Fsp3) is 0.294. The van der Waals surface area contributed by atoms with Crippen molar-refractivity contribution in [3.05, 3.63) is 63.1 Å². The largest absolute Gasteiger partial charge is 0.365 e. The summed E-state index contributed by atoms with van der Waals surface area (Å²) in [5.41, 5.74) is -2.74. The lowest BCUT2D eigenvalue weighted by Crippen LogP contribution is -2.44. The van der Waals surface area contributed by atoms with E-state index in [1.165, 1.54) is 31.6 Å². The first kappa shape index (κ1) is 19.1. The molecule has 2 aliphatic rings. The van der Waals surface area contributed by atoms with Crippen molar-refractivity contribution in [3.63, 3.8) is 0 Å². The first-order valence-electron chi connectivity index (χ1n) is 8.21. The van der Waals surface area contributed by atoms with Crippen molar-refractivity contribution in [2.45, 2.75) is 19.4 Å². The molecule has 1 saturated heterocycles. The van der Waals surface area contributed by atoms with Gasteiger partial charge in [0, 0.05) is 24.7 Å². The van der Waals surface area contributed by atoms with Crippen molar-refractivity contribution in [2.24, 2.45) is 5.92 Å². The number of hydrogen-bond donors (Lipinski definition) is 2. The minimum atomic E-state index is -1.52. The Hall–Kier alpha value is -3.69. The highest BCUT2D eigenvalue weighted by atomic mass is 16.6. The molecule has 0 radical (unpaired) electrons. The number of allylic oxidation sites excluding steroid dienone is 2. The van der Waals surface area contributed by atoms with Crippen LogP contribution in [0.3, 0.4) is 0 Å². The van der Waals surface area contributed by atoms with E-state index in [-0.39, 0.29) is 23.7 Å². The summed E-state index contributed by atoms with van der Waals surface area (Å²) in [5, 5.41) is 16.6. The van der Waals surface area contributed by atoms with Crippen LogP contribution in [0.2, 0.25) is 0 Å². The molecule has 1 aromatic rings. The molecule has 144 valence electrons. The molecule has 1 aliphatic carbocycles. The van der Waals surface area contributed by atoms with Gasteiger partial charge in [0.1, 0.15) is 22.9 Å². The molecule has 2 N–H and O–H groups in total. The molecule has 2 amide bonds. The minimum absolute atomic E-state index is 0.0792. The third-order valence-corrected chi connectivity index (χ3v) is 4.45. The SMILES string of the molecule is CCOC1(C)C(=O)NC2=CC(NC(=O)c3cnccn3)=C([N+](=O)[O-])C(=C=O)C21. The topological polar surface area (TPSA) is 153 Å². The summed E-state index contributed by atoms with van der Waals surface area (Å²) >= 11 is 0. The number of carbonyl (C=O) groups is 2. The molecule has 1 fully saturated rings. The van der Waals surface area contributed by atoms with E-state index in [2.05, 4.69) is 20.6 Å². The maximum atomic E-state index is 12.4. The highest BCUT2D eigenvalue weighted by Gasteiger charge is 2.57. The van der Waals surface area contributed by atoms with Crippen LogP contribution >= 0.6 is 0 Å². The van der Waals surface area contributed by atoms with E-state index in [0.29, 0.717) is 0 Å². The van der Waals surface area contributed by atoms with E-state index in [1.54, 1.807) is 12.9 Å². The second-order valence-electron chi connectivity index (χ2n) is 6.11. The number of ether oxygens (including phenoxy) is 1. The Balaban J connectivity index is 2.09. The number of carbonyl (C=O) groups excluding carboxylic acids is 3. The number of aromatic nitrogens is 2. The van der Waals surface area contributed by atoms with E-state index in [9.17, 15) is 24.5 Å². The van der Waals surface area contributed by atoms with Gasteiger partial charge < -0.3 is 15.4 Å². The molecule has 1 aromatic heterocycles. The lowest BCUT2D eigenvalue weighted by atomic mass is 9.79. The predicted molar refractivity (Wildman–Crippen MR) is 92.5 cm³/mol. The summed E-state index contributed by atoms with van der Waals surface area (Å²) in [6, 6.07) is 0. The van der Waals surface area contributed by atoms with Gasteiger partial charge in [-0.15, -0.1) is 0 Å². The molecular weight excluding hydrogens is 370 g/mol. The monoisotopic (exact) mass is 385 g/mol. The molecule has 0 saturated carbocycles. The van der Waals surface area contributed by atoms with Gasteiger partial charge in [-0.1, -0.05) is 0 Å². The summed E-state index contributed by atoms with van der Waals surface area (Å²) in [5.74, 6) is -0.805.